The molecule has 0 spiro atoms. The van der Waals surface area contributed by atoms with E-state index >= 15 is 0 Å². The fourth-order valence-corrected chi connectivity index (χ4v) is 4.67. The second kappa shape index (κ2) is 9.19. The van der Waals surface area contributed by atoms with Crippen molar-refractivity contribution in [2.24, 2.45) is 18.9 Å². The summed E-state index contributed by atoms with van der Waals surface area (Å²) in [6.45, 7) is 6.69. The van der Waals surface area contributed by atoms with E-state index in [-0.39, 0.29) is 23.3 Å². The average Bonchev–Trinajstić information content (AvgIpc) is 3.01. The van der Waals surface area contributed by atoms with Crippen molar-refractivity contribution in [1.29, 1.82) is 0 Å². The topological polar surface area (TPSA) is 105 Å². The third-order valence-electron chi connectivity index (χ3n) is 5.89. The zero-order valence-electron chi connectivity index (χ0n) is 19.7. The number of Topliss-reactive ketones (excluding diaryl/α,β-unsaturated/α-hetero) is 1. The number of carbonyl (C=O) groups excluding carboxylic acids is 2. The van der Waals surface area contributed by atoms with Crippen LogP contribution in [0, 0.1) is 11.8 Å². The van der Waals surface area contributed by atoms with Gasteiger partial charge in [0.1, 0.15) is 11.6 Å². The monoisotopic (exact) mass is 463 g/mol. The van der Waals surface area contributed by atoms with Crippen molar-refractivity contribution in [2.75, 3.05) is 31.9 Å². The van der Waals surface area contributed by atoms with Gasteiger partial charge in [-0.3, -0.25) is 14.3 Å². The van der Waals surface area contributed by atoms with Gasteiger partial charge in [-0.05, 0) is 37.8 Å². The van der Waals surface area contributed by atoms with E-state index in [0.717, 1.165) is 29.4 Å². The Hall–Kier alpha value is -2.46. The SMILES string of the molecule is CC(=O)[C@@H]1CCCN(C(=O)c2cc(NS(=O)(=O)N(C)C)cc3nc(CC(C)C)n(C)c23)C1. The molecule has 10 heteroatoms. The van der Waals surface area contributed by atoms with Gasteiger partial charge in [0.25, 0.3) is 5.91 Å². The number of fused-ring (bicyclic) bond motifs is 1. The van der Waals surface area contributed by atoms with Gasteiger partial charge in [-0.25, -0.2) is 4.98 Å². The number of benzene rings is 1. The number of anilines is 1. The molecular weight excluding hydrogens is 430 g/mol. The Kier molecular flexibility index (Phi) is 6.94. The zero-order valence-corrected chi connectivity index (χ0v) is 20.5. The number of nitrogens with one attached hydrogen (secondary N) is 1. The quantitative estimate of drug-likeness (QED) is 0.679. The summed E-state index contributed by atoms with van der Waals surface area (Å²) >= 11 is 0. The second-order valence-electron chi connectivity index (χ2n) is 9.17. The van der Waals surface area contributed by atoms with Crippen LogP contribution in [0.3, 0.4) is 0 Å². The minimum atomic E-state index is -3.75. The predicted molar refractivity (Wildman–Crippen MR) is 125 cm³/mol. The smallest absolute Gasteiger partial charge is 0.301 e. The first kappa shape index (κ1) is 24.2. The number of hydrogen-bond acceptors (Lipinski definition) is 5. The fraction of sp³-hybridized carbons (Fsp3) is 0.591. The molecule has 1 aliphatic rings. The maximum atomic E-state index is 13.6. The number of ketones is 1. The Balaban J connectivity index is 2.11. The molecule has 1 fully saturated rings. The second-order valence-corrected chi connectivity index (χ2v) is 11.1. The van der Waals surface area contributed by atoms with E-state index in [1.165, 1.54) is 14.1 Å². The minimum absolute atomic E-state index is 0.0832. The van der Waals surface area contributed by atoms with E-state index in [2.05, 4.69) is 18.6 Å². The first-order valence-corrected chi connectivity index (χ1v) is 12.3. The molecule has 0 unspecified atom stereocenters. The summed E-state index contributed by atoms with van der Waals surface area (Å²) in [5.74, 6) is 0.902. The number of aromatic nitrogens is 2. The van der Waals surface area contributed by atoms with Crippen molar-refractivity contribution in [1.82, 2.24) is 18.8 Å². The number of nitrogens with zero attached hydrogens (tertiary/aromatic N) is 4. The van der Waals surface area contributed by atoms with Gasteiger partial charge >= 0.3 is 10.2 Å². The maximum Gasteiger partial charge on any atom is 0.301 e. The Morgan fingerprint density at radius 3 is 2.56 bits per heavy atom. The molecule has 1 aromatic carbocycles. The number of aryl methyl sites for hydroxylation is 1. The number of carbonyl (C=O) groups is 2. The van der Waals surface area contributed by atoms with Crippen molar-refractivity contribution < 1.29 is 18.0 Å². The van der Waals surface area contributed by atoms with Crippen LogP contribution in [0.5, 0.6) is 0 Å². The molecule has 1 aliphatic heterocycles. The first-order chi connectivity index (χ1) is 14.9. The average molecular weight is 464 g/mol. The Labute approximate surface area is 190 Å². The van der Waals surface area contributed by atoms with Crippen LogP contribution in [-0.2, 0) is 28.5 Å². The van der Waals surface area contributed by atoms with E-state index in [1.54, 1.807) is 24.0 Å². The summed E-state index contributed by atoms with van der Waals surface area (Å²) in [7, 11) is 0.996. The Bertz CT molecular complexity index is 1140. The number of imidazole rings is 1. The molecular formula is C22H33N5O4S. The molecule has 0 radical (unpaired) electrons. The molecule has 9 nitrogen and oxygen atoms in total. The summed E-state index contributed by atoms with van der Waals surface area (Å²) in [4.78, 5) is 31.9. The highest BCUT2D eigenvalue weighted by Gasteiger charge is 2.29. The van der Waals surface area contributed by atoms with E-state index < -0.39 is 10.2 Å². The molecule has 1 amide bonds. The highest BCUT2D eigenvalue weighted by Crippen LogP contribution is 2.29. The zero-order chi connectivity index (χ0) is 23.8. The lowest BCUT2D eigenvalue weighted by Gasteiger charge is -2.32. The summed E-state index contributed by atoms with van der Waals surface area (Å²) in [5, 5.41) is 0. The first-order valence-electron chi connectivity index (χ1n) is 10.9. The van der Waals surface area contributed by atoms with Gasteiger partial charge < -0.3 is 9.47 Å². The van der Waals surface area contributed by atoms with E-state index in [0.29, 0.717) is 35.6 Å². The van der Waals surface area contributed by atoms with Crippen LogP contribution in [0.15, 0.2) is 12.1 Å². The number of hydrogen-bond donors (Lipinski definition) is 1. The number of piperidine rings is 1. The van der Waals surface area contributed by atoms with Gasteiger partial charge in [-0.2, -0.15) is 12.7 Å². The predicted octanol–water partition coefficient (Wildman–Crippen LogP) is 2.43. The molecule has 176 valence electrons. The molecule has 0 saturated carbocycles. The van der Waals surface area contributed by atoms with Crippen molar-refractivity contribution in [3.8, 4) is 0 Å². The number of amides is 1. The molecule has 0 bridgehead atoms. The number of likely N-dealkylation sites (tertiary alicyclic amines) is 1. The van der Waals surface area contributed by atoms with Gasteiger partial charge in [-0.15, -0.1) is 0 Å². The summed E-state index contributed by atoms with van der Waals surface area (Å²) in [6.07, 6.45) is 2.27. The van der Waals surface area contributed by atoms with E-state index in [4.69, 9.17) is 4.98 Å². The lowest BCUT2D eigenvalue weighted by atomic mass is 9.94. The van der Waals surface area contributed by atoms with Crippen LogP contribution in [0.25, 0.3) is 11.0 Å². The van der Waals surface area contributed by atoms with Crippen molar-refractivity contribution in [3.63, 3.8) is 0 Å². The number of rotatable bonds is 7. The lowest BCUT2D eigenvalue weighted by Crippen LogP contribution is -2.42. The third-order valence-corrected chi connectivity index (χ3v) is 7.35. The van der Waals surface area contributed by atoms with Crippen LogP contribution >= 0.6 is 0 Å². The van der Waals surface area contributed by atoms with Gasteiger partial charge in [-0.1, -0.05) is 13.8 Å². The molecule has 3 rings (SSSR count). The summed E-state index contributed by atoms with van der Waals surface area (Å²) < 4.78 is 30.3. The van der Waals surface area contributed by atoms with Crippen LogP contribution in [0.1, 0.15) is 49.8 Å². The van der Waals surface area contributed by atoms with E-state index in [9.17, 15) is 18.0 Å². The van der Waals surface area contributed by atoms with Gasteiger partial charge in [0.05, 0.1) is 22.3 Å². The van der Waals surface area contributed by atoms with Crippen LogP contribution in [0.2, 0.25) is 0 Å². The molecule has 1 N–H and O–H groups in total. The van der Waals surface area contributed by atoms with Crippen LogP contribution < -0.4 is 4.72 Å². The van der Waals surface area contributed by atoms with Crippen molar-refractivity contribution >= 4 is 38.6 Å². The Morgan fingerprint density at radius 2 is 1.97 bits per heavy atom. The Morgan fingerprint density at radius 1 is 1.28 bits per heavy atom. The standard InChI is InChI=1S/C22H33N5O4S/c1-14(2)10-20-23-19-12-17(24-32(30,31)25(4)5)11-18(21(19)26(20)6)22(29)27-9-7-8-16(13-27)15(3)28/h11-12,14,16,24H,7-10,13H2,1-6H3/t16-/m1/s1. The highest BCUT2D eigenvalue weighted by atomic mass is 32.2. The summed E-state index contributed by atoms with van der Waals surface area (Å²) in [5.41, 5.74) is 1.89. The lowest BCUT2D eigenvalue weighted by molar-refractivity contribution is -0.122. The van der Waals surface area contributed by atoms with Gasteiger partial charge in [0.2, 0.25) is 0 Å². The van der Waals surface area contributed by atoms with E-state index in [1.807, 2.05) is 11.6 Å². The highest BCUT2D eigenvalue weighted by molar-refractivity contribution is 7.90. The van der Waals surface area contributed by atoms with Crippen molar-refractivity contribution in [3.05, 3.63) is 23.5 Å². The largest absolute Gasteiger partial charge is 0.338 e. The molecule has 2 heterocycles. The maximum absolute atomic E-state index is 13.6. The molecule has 0 aliphatic carbocycles. The third kappa shape index (κ3) is 4.96. The van der Waals surface area contributed by atoms with Gasteiger partial charge in [0, 0.05) is 46.6 Å². The molecule has 1 aromatic heterocycles. The normalized spacial score (nSPS) is 17.4. The molecule has 1 atom stereocenters. The van der Waals surface area contributed by atoms with Crippen LogP contribution in [0.4, 0.5) is 5.69 Å². The van der Waals surface area contributed by atoms with Gasteiger partial charge in [0.15, 0.2) is 0 Å². The van der Waals surface area contributed by atoms with Crippen LogP contribution in [-0.4, -0.2) is 66.0 Å². The van der Waals surface area contributed by atoms with Crippen molar-refractivity contribution in [2.45, 2.75) is 40.0 Å². The fourth-order valence-electron chi connectivity index (χ4n) is 4.07. The molecule has 32 heavy (non-hydrogen) atoms. The molecule has 1 saturated heterocycles. The molecule has 2 aromatic rings. The minimum Gasteiger partial charge on any atom is -0.338 e. The summed E-state index contributed by atoms with van der Waals surface area (Å²) in [6, 6.07) is 3.23.